The summed E-state index contributed by atoms with van der Waals surface area (Å²) in [5.41, 5.74) is -1.28. The summed E-state index contributed by atoms with van der Waals surface area (Å²) in [5, 5.41) is 0. The number of carbonyl (C=O) groups is 1. The molecule has 1 fully saturated rings. The second-order valence-electron chi connectivity index (χ2n) is 10.8. The molecule has 12 heteroatoms. The Balaban J connectivity index is 2.41. The third kappa shape index (κ3) is 5.60. The molecule has 0 amide bonds. The fourth-order valence-electron chi connectivity index (χ4n) is 4.77. The van der Waals surface area contributed by atoms with Crippen LogP contribution < -0.4 is 11.2 Å². The van der Waals surface area contributed by atoms with Gasteiger partial charge >= 0.3 is 22.8 Å². The first-order chi connectivity index (χ1) is 16.1. The summed E-state index contributed by atoms with van der Waals surface area (Å²) in [4.78, 5) is 48.3. The first-order valence-corrected chi connectivity index (χ1v) is 16.6. The van der Waals surface area contributed by atoms with Gasteiger partial charge in [-0.3, -0.25) is 14.3 Å². The number of carbonyl (C=O) groups excluding carboxylic acids is 1. The largest absolute Gasteiger partial charge is 0.414 e. The van der Waals surface area contributed by atoms with Gasteiger partial charge in [0.05, 0.1) is 12.7 Å². The Morgan fingerprint density at radius 1 is 1.14 bits per heavy atom. The Morgan fingerprint density at radius 2 is 1.69 bits per heavy atom. The molecule has 1 aromatic rings. The second-order valence-corrected chi connectivity index (χ2v) is 20.1. The molecule has 0 saturated carbocycles. The predicted molar refractivity (Wildman–Crippen MR) is 140 cm³/mol. The van der Waals surface area contributed by atoms with Crippen molar-refractivity contribution in [1.29, 1.82) is 0 Å². The highest BCUT2D eigenvalue weighted by Gasteiger charge is 2.58. The first kappa shape index (κ1) is 30.1. The van der Waals surface area contributed by atoms with E-state index in [1.54, 1.807) is 6.92 Å². The SMILES string of the molecule is CC1[C@@H](CO[Si](O[Si](O)(C(C)C)C(C)C)(C(C)C)C(C)C)O[C@@H](n2ccc(=O)[nH]c2=O)C1(Cl)C=O. The van der Waals surface area contributed by atoms with Gasteiger partial charge in [0, 0.05) is 18.2 Å². The summed E-state index contributed by atoms with van der Waals surface area (Å²) in [6.07, 6.45) is 0.102. The van der Waals surface area contributed by atoms with Gasteiger partial charge in [0.1, 0.15) is 11.2 Å². The molecule has 0 spiro atoms. The fourth-order valence-corrected chi connectivity index (χ4v) is 14.9. The molecule has 200 valence electrons. The lowest BCUT2D eigenvalue weighted by molar-refractivity contribution is -0.113. The van der Waals surface area contributed by atoms with Gasteiger partial charge < -0.3 is 22.9 Å². The van der Waals surface area contributed by atoms with Crippen LogP contribution in [0.2, 0.25) is 22.2 Å². The molecule has 2 heterocycles. The number of aldehydes is 1. The number of ether oxygens (including phenoxy) is 1. The highest BCUT2D eigenvalue weighted by Crippen LogP contribution is 2.47. The van der Waals surface area contributed by atoms with E-state index in [1.165, 1.54) is 12.3 Å². The Hall–Kier alpha value is -1.09. The van der Waals surface area contributed by atoms with Gasteiger partial charge in [-0.15, -0.1) is 11.6 Å². The van der Waals surface area contributed by atoms with Crippen molar-refractivity contribution < 1.29 is 22.9 Å². The minimum Gasteiger partial charge on any atom is -0.414 e. The number of nitrogens with zero attached hydrogens (tertiary/aromatic N) is 1. The Bertz CT molecular complexity index is 981. The maximum Gasteiger partial charge on any atom is 0.334 e. The van der Waals surface area contributed by atoms with Crippen molar-refractivity contribution in [2.24, 2.45) is 5.92 Å². The summed E-state index contributed by atoms with van der Waals surface area (Å²) in [5.74, 6) is -0.511. The van der Waals surface area contributed by atoms with Crippen LogP contribution in [0.15, 0.2) is 21.9 Å². The van der Waals surface area contributed by atoms with Crippen LogP contribution in [-0.2, 0) is 18.1 Å². The minimum absolute atomic E-state index is 0.0279. The van der Waals surface area contributed by atoms with Crippen molar-refractivity contribution >= 4 is 35.0 Å². The average Bonchev–Trinajstić information content (AvgIpc) is 3.01. The van der Waals surface area contributed by atoms with Gasteiger partial charge in [0.15, 0.2) is 6.23 Å². The topological polar surface area (TPSA) is 120 Å². The fraction of sp³-hybridized carbons (Fsp3) is 0.783. The van der Waals surface area contributed by atoms with Crippen LogP contribution in [0.1, 0.15) is 68.5 Å². The van der Waals surface area contributed by atoms with E-state index in [0.29, 0.717) is 6.29 Å². The van der Waals surface area contributed by atoms with Crippen molar-refractivity contribution in [3.05, 3.63) is 33.1 Å². The number of alkyl halides is 1. The van der Waals surface area contributed by atoms with E-state index in [1.807, 2.05) is 55.4 Å². The zero-order valence-corrected chi connectivity index (χ0v) is 25.0. The number of nitrogens with one attached hydrogen (secondary N) is 1. The van der Waals surface area contributed by atoms with E-state index >= 15 is 0 Å². The molecule has 35 heavy (non-hydrogen) atoms. The average molecular weight is 549 g/mol. The molecule has 0 aromatic carbocycles. The van der Waals surface area contributed by atoms with E-state index in [9.17, 15) is 19.2 Å². The van der Waals surface area contributed by atoms with Gasteiger partial charge in [0.25, 0.3) is 5.56 Å². The monoisotopic (exact) mass is 548 g/mol. The van der Waals surface area contributed by atoms with Crippen LogP contribution in [0, 0.1) is 5.92 Å². The standard InChI is InChI=1S/C23H41ClN2O7Si2/c1-14(2)34(30,15(3)4)33-35(16(5)6,17(7)8)31-12-19-18(9)23(24,13-27)21(32-19)26-11-10-20(28)25-22(26)29/h10-11,13-19,21,30H,12H2,1-9H3,(H,25,28,29)/t18?,19-,21-,23?/m1/s1. The van der Waals surface area contributed by atoms with Crippen molar-refractivity contribution in [2.75, 3.05) is 6.61 Å². The number of aromatic nitrogens is 2. The Kier molecular flexibility index (Phi) is 9.57. The van der Waals surface area contributed by atoms with E-state index in [-0.39, 0.29) is 28.8 Å². The van der Waals surface area contributed by atoms with Crippen LogP contribution in [0.25, 0.3) is 0 Å². The van der Waals surface area contributed by atoms with Crippen LogP contribution in [-0.4, -0.2) is 55.3 Å². The first-order valence-electron chi connectivity index (χ1n) is 12.2. The summed E-state index contributed by atoms with van der Waals surface area (Å²) in [6, 6.07) is 1.17. The van der Waals surface area contributed by atoms with Gasteiger partial charge in [-0.2, -0.15) is 0 Å². The van der Waals surface area contributed by atoms with Crippen molar-refractivity contribution in [2.45, 2.75) is 102 Å². The summed E-state index contributed by atoms with van der Waals surface area (Å²) >= 11 is 6.72. The zero-order chi connectivity index (χ0) is 26.9. The lowest BCUT2D eigenvalue weighted by atomic mass is 9.91. The third-order valence-electron chi connectivity index (χ3n) is 7.28. The van der Waals surface area contributed by atoms with E-state index < -0.39 is 51.5 Å². The van der Waals surface area contributed by atoms with Crippen LogP contribution in [0.3, 0.4) is 0 Å². The molecule has 1 aliphatic rings. The maximum atomic E-state index is 12.4. The molecule has 0 radical (unpaired) electrons. The predicted octanol–water partition coefficient (Wildman–Crippen LogP) is 3.80. The zero-order valence-electron chi connectivity index (χ0n) is 22.2. The number of hydrogen-bond donors (Lipinski definition) is 2. The smallest absolute Gasteiger partial charge is 0.334 e. The van der Waals surface area contributed by atoms with E-state index in [4.69, 9.17) is 24.9 Å². The molecule has 2 unspecified atom stereocenters. The molecular weight excluding hydrogens is 508 g/mol. The van der Waals surface area contributed by atoms with Crippen LogP contribution in [0.4, 0.5) is 0 Å². The number of aromatic amines is 1. The number of H-pyrrole nitrogens is 1. The van der Waals surface area contributed by atoms with Crippen molar-refractivity contribution in [3.63, 3.8) is 0 Å². The maximum absolute atomic E-state index is 12.4. The lowest BCUT2D eigenvalue weighted by Crippen LogP contribution is -2.60. The molecule has 2 rings (SSSR count). The molecule has 2 N–H and O–H groups in total. The summed E-state index contributed by atoms with van der Waals surface area (Å²) < 4.78 is 20.6. The van der Waals surface area contributed by atoms with Crippen molar-refractivity contribution in [3.8, 4) is 0 Å². The Labute approximate surface area is 214 Å². The molecule has 4 atom stereocenters. The molecule has 0 bridgehead atoms. The minimum atomic E-state index is -3.14. The van der Waals surface area contributed by atoms with Crippen molar-refractivity contribution in [1.82, 2.24) is 9.55 Å². The van der Waals surface area contributed by atoms with E-state index in [0.717, 1.165) is 4.57 Å². The second kappa shape index (κ2) is 11.1. The molecule has 1 saturated heterocycles. The molecular formula is C23H41ClN2O7Si2. The van der Waals surface area contributed by atoms with E-state index in [2.05, 4.69) is 4.98 Å². The quantitative estimate of drug-likeness (QED) is 0.245. The van der Waals surface area contributed by atoms with Crippen LogP contribution >= 0.6 is 11.6 Å². The van der Waals surface area contributed by atoms with Gasteiger partial charge in [-0.25, -0.2) is 4.79 Å². The number of rotatable bonds is 11. The third-order valence-corrected chi connectivity index (χ3v) is 17.6. The normalized spacial score (nSPS) is 25.9. The number of hydrogen-bond acceptors (Lipinski definition) is 7. The number of halogens is 1. The highest BCUT2D eigenvalue weighted by molar-refractivity contribution is 6.83. The molecule has 1 aromatic heterocycles. The highest BCUT2D eigenvalue weighted by atomic mass is 35.5. The molecule has 1 aliphatic heterocycles. The summed E-state index contributed by atoms with van der Waals surface area (Å²) in [7, 11) is -6.14. The van der Waals surface area contributed by atoms with Gasteiger partial charge in [0.2, 0.25) is 0 Å². The lowest BCUT2D eigenvalue weighted by Gasteiger charge is -2.46. The van der Waals surface area contributed by atoms with Crippen LogP contribution in [0.5, 0.6) is 0 Å². The van der Waals surface area contributed by atoms with Gasteiger partial charge in [-0.05, 0) is 22.2 Å². The summed E-state index contributed by atoms with van der Waals surface area (Å²) in [6.45, 7) is 17.9. The molecule has 9 nitrogen and oxygen atoms in total. The Morgan fingerprint density at radius 3 is 2.11 bits per heavy atom. The van der Waals surface area contributed by atoms with Gasteiger partial charge in [-0.1, -0.05) is 62.3 Å². The molecule has 0 aliphatic carbocycles.